The molecule has 2 aliphatic heterocycles. The summed E-state index contributed by atoms with van der Waals surface area (Å²) in [5.74, 6) is 0.595. The van der Waals surface area contributed by atoms with Gasteiger partial charge in [0.15, 0.2) is 11.5 Å². The number of carbonyl (C=O) groups excluding carboxylic acids is 2. The Morgan fingerprint density at radius 2 is 1.77 bits per heavy atom. The van der Waals surface area contributed by atoms with Crippen molar-refractivity contribution < 1.29 is 23.5 Å². The highest BCUT2D eigenvalue weighted by Crippen LogP contribution is 2.34. The van der Waals surface area contributed by atoms with Crippen molar-refractivity contribution in [3.63, 3.8) is 0 Å². The van der Waals surface area contributed by atoms with E-state index in [1.807, 2.05) is 31.2 Å². The summed E-state index contributed by atoms with van der Waals surface area (Å²) in [6, 6.07) is 12.3. The van der Waals surface area contributed by atoms with E-state index in [2.05, 4.69) is 5.32 Å². The van der Waals surface area contributed by atoms with Crippen molar-refractivity contribution in [2.24, 2.45) is 5.92 Å². The second-order valence-corrected chi connectivity index (χ2v) is 8.21. The lowest BCUT2D eigenvalue weighted by Crippen LogP contribution is -2.53. The Bertz CT molecular complexity index is 972. The van der Waals surface area contributed by atoms with E-state index in [9.17, 15) is 14.0 Å². The molecule has 0 aromatic heterocycles. The maximum atomic E-state index is 13.7. The van der Waals surface area contributed by atoms with E-state index in [4.69, 9.17) is 9.47 Å². The van der Waals surface area contributed by atoms with Crippen molar-refractivity contribution in [3.05, 3.63) is 59.4 Å². The zero-order chi connectivity index (χ0) is 22.0. The van der Waals surface area contributed by atoms with Crippen LogP contribution in [-0.2, 0) is 16.1 Å². The zero-order valence-electron chi connectivity index (χ0n) is 17.8. The highest BCUT2D eigenvalue weighted by atomic mass is 19.1. The first kappa shape index (κ1) is 21.2. The number of halogens is 1. The van der Waals surface area contributed by atoms with Gasteiger partial charge < -0.3 is 19.7 Å². The van der Waals surface area contributed by atoms with E-state index in [1.54, 1.807) is 24.0 Å². The van der Waals surface area contributed by atoms with Gasteiger partial charge in [-0.2, -0.15) is 0 Å². The van der Waals surface area contributed by atoms with Gasteiger partial charge in [-0.15, -0.1) is 0 Å². The molecule has 0 saturated carbocycles. The number of carbonyl (C=O) groups is 2. The van der Waals surface area contributed by atoms with Gasteiger partial charge in [-0.1, -0.05) is 24.3 Å². The number of nitrogens with one attached hydrogen (secondary N) is 1. The molecule has 31 heavy (non-hydrogen) atoms. The first-order valence-corrected chi connectivity index (χ1v) is 10.7. The van der Waals surface area contributed by atoms with E-state index < -0.39 is 12.2 Å². The van der Waals surface area contributed by atoms with E-state index in [1.165, 1.54) is 6.07 Å². The Balaban J connectivity index is 1.28. The van der Waals surface area contributed by atoms with Crippen LogP contribution in [0.3, 0.4) is 0 Å². The minimum Gasteiger partial charge on any atom is -0.482 e. The third-order valence-electron chi connectivity index (χ3n) is 5.97. The van der Waals surface area contributed by atoms with Crippen molar-refractivity contribution in [3.8, 4) is 11.5 Å². The minimum atomic E-state index is -0.697. The Hall–Kier alpha value is -3.09. The summed E-state index contributed by atoms with van der Waals surface area (Å²) in [5.41, 5.74) is 1.31. The molecule has 0 aliphatic carbocycles. The maximum Gasteiger partial charge on any atom is 0.267 e. The highest BCUT2D eigenvalue weighted by molar-refractivity contribution is 5.83. The van der Waals surface area contributed by atoms with E-state index in [0.29, 0.717) is 49.5 Å². The van der Waals surface area contributed by atoms with Gasteiger partial charge in [0.25, 0.3) is 5.91 Å². The summed E-state index contributed by atoms with van der Waals surface area (Å²) in [5, 5.41) is 2.89. The smallest absolute Gasteiger partial charge is 0.267 e. The average molecular weight is 426 g/mol. The van der Waals surface area contributed by atoms with Crippen molar-refractivity contribution >= 4 is 11.8 Å². The Morgan fingerprint density at radius 1 is 1.10 bits per heavy atom. The minimum absolute atomic E-state index is 0.0624. The average Bonchev–Trinajstić information content (AvgIpc) is 2.79. The Labute approximate surface area is 181 Å². The van der Waals surface area contributed by atoms with Crippen LogP contribution in [0, 0.1) is 18.7 Å². The number of piperidine rings is 1. The van der Waals surface area contributed by atoms with Gasteiger partial charge in [-0.3, -0.25) is 9.59 Å². The summed E-state index contributed by atoms with van der Waals surface area (Å²) in [6.45, 7) is 4.80. The topological polar surface area (TPSA) is 67.9 Å². The van der Waals surface area contributed by atoms with Crippen molar-refractivity contribution in [1.82, 2.24) is 10.2 Å². The van der Waals surface area contributed by atoms with E-state index in [0.717, 1.165) is 5.56 Å². The molecule has 4 rings (SSSR count). The van der Waals surface area contributed by atoms with Gasteiger partial charge >= 0.3 is 0 Å². The van der Waals surface area contributed by atoms with Gasteiger partial charge in [-0.05, 0) is 56.0 Å². The third-order valence-corrected chi connectivity index (χ3v) is 5.97. The largest absolute Gasteiger partial charge is 0.482 e. The van der Waals surface area contributed by atoms with E-state index >= 15 is 0 Å². The summed E-state index contributed by atoms with van der Waals surface area (Å²) in [4.78, 5) is 27.3. The predicted molar refractivity (Wildman–Crippen MR) is 113 cm³/mol. The fraction of sp³-hybridized carbons (Fsp3) is 0.417. The number of fused-ring (bicyclic) bond motifs is 1. The van der Waals surface area contributed by atoms with Crippen molar-refractivity contribution in [2.45, 2.75) is 45.4 Å². The van der Waals surface area contributed by atoms with Gasteiger partial charge in [0, 0.05) is 25.6 Å². The molecule has 2 amide bonds. The molecule has 1 N–H and O–H groups in total. The van der Waals surface area contributed by atoms with Crippen LogP contribution in [0.1, 0.15) is 30.9 Å². The highest BCUT2D eigenvalue weighted by Gasteiger charge is 2.38. The number of hydrogen-bond acceptors (Lipinski definition) is 4. The lowest BCUT2D eigenvalue weighted by atomic mass is 9.95. The molecular weight excluding hydrogens is 399 g/mol. The standard InChI is InChI=1S/C24H27FN2O4/c1-15-7-8-17(13-19(15)25)14-26-23(28)18-9-11-27(12-10-18)24(29)22-16(2)30-20-5-3-4-6-21(20)31-22/h3-8,13,16,18,22H,9-12,14H2,1-2H3,(H,26,28). The number of amides is 2. The molecule has 6 nitrogen and oxygen atoms in total. The summed E-state index contributed by atoms with van der Waals surface area (Å²) in [6.07, 6.45) is 0.0755. The molecule has 2 aliphatic rings. The summed E-state index contributed by atoms with van der Waals surface area (Å²) >= 11 is 0. The van der Waals surface area contributed by atoms with Crippen molar-refractivity contribution in [1.29, 1.82) is 0 Å². The molecule has 2 aromatic carbocycles. The van der Waals surface area contributed by atoms with Crippen LogP contribution >= 0.6 is 0 Å². The first-order valence-electron chi connectivity index (χ1n) is 10.7. The van der Waals surface area contributed by atoms with Gasteiger partial charge in [-0.25, -0.2) is 4.39 Å². The van der Waals surface area contributed by atoms with Crippen LogP contribution in [0.15, 0.2) is 42.5 Å². The molecule has 1 saturated heterocycles. The molecule has 2 aromatic rings. The number of benzene rings is 2. The summed E-state index contributed by atoms with van der Waals surface area (Å²) in [7, 11) is 0. The molecular formula is C24H27FN2O4. The zero-order valence-corrected chi connectivity index (χ0v) is 17.8. The second kappa shape index (κ2) is 8.96. The summed E-state index contributed by atoms with van der Waals surface area (Å²) < 4.78 is 25.4. The number of likely N-dealkylation sites (tertiary alicyclic amines) is 1. The van der Waals surface area contributed by atoms with Crippen LogP contribution in [0.5, 0.6) is 11.5 Å². The lowest BCUT2D eigenvalue weighted by molar-refractivity contribution is -0.147. The fourth-order valence-electron chi connectivity index (χ4n) is 4.01. The normalized spacial score (nSPS) is 20.9. The molecule has 0 radical (unpaired) electrons. The number of aryl methyl sites for hydroxylation is 1. The fourth-order valence-corrected chi connectivity index (χ4v) is 4.01. The molecule has 0 bridgehead atoms. The number of ether oxygens (including phenoxy) is 2. The van der Waals surface area contributed by atoms with Gasteiger partial charge in [0.05, 0.1) is 0 Å². The third kappa shape index (κ3) is 4.65. The number of rotatable bonds is 4. The molecule has 0 spiro atoms. The second-order valence-electron chi connectivity index (χ2n) is 8.21. The van der Waals surface area contributed by atoms with Crippen LogP contribution in [0.4, 0.5) is 4.39 Å². The molecule has 2 heterocycles. The van der Waals surface area contributed by atoms with Crippen LogP contribution < -0.4 is 14.8 Å². The van der Waals surface area contributed by atoms with Crippen molar-refractivity contribution in [2.75, 3.05) is 13.1 Å². The van der Waals surface area contributed by atoms with Crippen LogP contribution in [0.2, 0.25) is 0 Å². The molecule has 2 unspecified atom stereocenters. The van der Waals surface area contributed by atoms with Crippen LogP contribution in [-0.4, -0.2) is 42.0 Å². The maximum absolute atomic E-state index is 13.7. The first-order chi connectivity index (χ1) is 14.9. The number of para-hydroxylation sites is 2. The number of hydrogen-bond donors (Lipinski definition) is 1. The van der Waals surface area contributed by atoms with Crippen LogP contribution in [0.25, 0.3) is 0 Å². The Kier molecular flexibility index (Phi) is 6.11. The monoisotopic (exact) mass is 426 g/mol. The molecule has 1 fully saturated rings. The predicted octanol–water partition coefficient (Wildman–Crippen LogP) is 3.22. The SMILES string of the molecule is Cc1ccc(CNC(=O)C2CCN(C(=O)C3Oc4ccccc4OC3C)CC2)cc1F. The van der Waals surface area contributed by atoms with Gasteiger partial charge in [0.2, 0.25) is 12.0 Å². The number of nitrogens with zero attached hydrogens (tertiary/aromatic N) is 1. The Morgan fingerprint density at radius 3 is 2.45 bits per heavy atom. The lowest BCUT2D eigenvalue weighted by Gasteiger charge is -2.37. The van der Waals surface area contributed by atoms with Gasteiger partial charge in [0.1, 0.15) is 11.9 Å². The molecule has 2 atom stereocenters. The molecule has 7 heteroatoms. The van der Waals surface area contributed by atoms with E-state index in [-0.39, 0.29) is 23.5 Å². The quantitative estimate of drug-likeness (QED) is 0.815. The molecule has 164 valence electrons.